The Morgan fingerprint density at radius 2 is 1.08 bits per heavy atom. The van der Waals surface area contributed by atoms with Gasteiger partial charge in [-0.2, -0.15) is 4.98 Å². The van der Waals surface area contributed by atoms with Crippen molar-refractivity contribution in [2.75, 3.05) is 0 Å². The molecule has 10 heteroatoms. The molecule has 0 amide bonds. The lowest BCUT2D eigenvalue weighted by Gasteiger charge is -2.07. The van der Waals surface area contributed by atoms with Crippen LogP contribution in [0.25, 0.3) is 134 Å². The summed E-state index contributed by atoms with van der Waals surface area (Å²) in [5, 5.41) is 2.15. The quantitative estimate of drug-likeness (QED) is 0.178. The van der Waals surface area contributed by atoms with Crippen LogP contribution < -0.4 is 0 Å². The van der Waals surface area contributed by atoms with Crippen LogP contribution in [0.15, 0.2) is 173 Å². The van der Waals surface area contributed by atoms with Crippen LogP contribution in [0, 0.1) is 0 Å². The molecule has 0 aliphatic carbocycles. The number of furan rings is 1. The summed E-state index contributed by atoms with van der Waals surface area (Å²) in [4.78, 5) is 15.0. The molecule has 0 aliphatic rings. The summed E-state index contributed by atoms with van der Waals surface area (Å²) in [6.45, 7) is 0. The Labute approximate surface area is 349 Å². The van der Waals surface area contributed by atoms with E-state index in [2.05, 4.69) is 163 Å². The summed E-state index contributed by atoms with van der Waals surface area (Å²) in [5.41, 5.74) is 19.1. The van der Waals surface area contributed by atoms with E-state index in [0.717, 1.165) is 128 Å². The minimum absolute atomic E-state index is 0.576. The first-order chi connectivity index (χ1) is 30.6. The molecule has 0 bridgehead atoms. The van der Waals surface area contributed by atoms with Crippen molar-refractivity contribution in [3.63, 3.8) is 0 Å². The summed E-state index contributed by atoms with van der Waals surface area (Å²) < 4.78 is 23.9. The van der Waals surface area contributed by atoms with Gasteiger partial charge in [-0.25, -0.2) is 9.97 Å². The first-order valence-electron chi connectivity index (χ1n) is 20.7. The van der Waals surface area contributed by atoms with Gasteiger partial charge in [-0.3, -0.25) is 17.8 Å². The number of fused-ring (bicyclic) bond motifs is 18. The maximum Gasteiger partial charge on any atom is 0.307 e. The van der Waals surface area contributed by atoms with Crippen LogP contribution >= 0.6 is 0 Å². The third-order valence-electron chi connectivity index (χ3n) is 12.9. The van der Waals surface area contributed by atoms with Gasteiger partial charge in [-0.05, 0) is 108 Å². The predicted octanol–water partition coefficient (Wildman–Crippen LogP) is 12.5. The number of benzene rings is 8. The second-order valence-electron chi connectivity index (χ2n) is 16.2. The van der Waals surface area contributed by atoms with Crippen LogP contribution in [0.3, 0.4) is 0 Å². The molecule has 0 atom stereocenters. The van der Waals surface area contributed by atoms with E-state index >= 15 is 0 Å². The number of nitrogens with zero attached hydrogens (tertiary/aromatic N) is 8. The highest BCUT2D eigenvalue weighted by Gasteiger charge is 2.22. The molecule has 290 valence electrons. The Morgan fingerprint density at radius 1 is 0.403 bits per heavy atom. The van der Waals surface area contributed by atoms with E-state index in [4.69, 9.17) is 23.8 Å². The molecule has 0 spiro atoms. The molecule has 8 aromatic carbocycles. The number of oxazole rings is 1. The molecule has 15 rings (SSSR count). The second kappa shape index (κ2) is 11.3. The van der Waals surface area contributed by atoms with E-state index in [0.29, 0.717) is 5.84 Å². The number of aromatic nitrogens is 8. The number of imidazole rings is 5. The van der Waals surface area contributed by atoms with Gasteiger partial charge in [0.25, 0.3) is 0 Å². The SMILES string of the molecule is Cn1c2ccc(-c3ccc4oc5c(-c6ccc7c(c6)n6c8ccccc8nc6n7-c6ccc7nc8oc9ccccc9n8c7c6)cccc5c4c3)cc2n2c3ccccc3nc12. The standard InChI is InChI=1S/C52H30N8O2/c1-56-41-22-17-30(26-45(41)58-39-13-4-2-11-36(39)53-50(56)58)29-19-24-47-35(25-29)34-10-8-9-33(49(34)61-47)31-18-23-42-46(27-31)59-40-14-5-3-12-37(40)54-51(59)57(42)32-20-21-38-44(28-32)60-43-15-6-7-16-48(43)62-52(60)55-38/h2-28H,1H3. The van der Waals surface area contributed by atoms with Gasteiger partial charge in [0, 0.05) is 23.4 Å². The summed E-state index contributed by atoms with van der Waals surface area (Å²) in [6.07, 6.45) is 0. The van der Waals surface area contributed by atoms with E-state index < -0.39 is 0 Å². The van der Waals surface area contributed by atoms with Crippen molar-refractivity contribution in [1.29, 1.82) is 0 Å². The molecular formula is C52H30N8O2. The van der Waals surface area contributed by atoms with Crippen molar-refractivity contribution in [2.24, 2.45) is 7.05 Å². The minimum Gasteiger partial charge on any atom is -0.455 e. The molecule has 0 unspecified atom stereocenters. The fourth-order valence-corrected chi connectivity index (χ4v) is 10.1. The fourth-order valence-electron chi connectivity index (χ4n) is 10.1. The van der Waals surface area contributed by atoms with Gasteiger partial charge in [0.15, 0.2) is 5.58 Å². The molecule has 0 saturated carbocycles. The first-order valence-corrected chi connectivity index (χ1v) is 20.7. The monoisotopic (exact) mass is 798 g/mol. The average molecular weight is 799 g/mol. The molecule has 0 N–H and O–H groups in total. The molecule has 7 aromatic heterocycles. The van der Waals surface area contributed by atoms with Crippen molar-refractivity contribution >= 4 is 106 Å². The fraction of sp³-hybridized carbons (Fsp3) is 0.0192. The molecule has 0 fully saturated rings. The highest BCUT2D eigenvalue weighted by Crippen LogP contribution is 2.40. The minimum atomic E-state index is 0.576. The zero-order chi connectivity index (χ0) is 40.4. The van der Waals surface area contributed by atoms with Crippen molar-refractivity contribution in [2.45, 2.75) is 0 Å². The smallest absolute Gasteiger partial charge is 0.307 e. The maximum atomic E-state index is 6.76. The van der Waals surface area contributed by atoms with Crippen LogP contribution in [-0.2, 0) is 7.05 Å². The average Bonchev–Trinajstić information content (AvgIpc) is 4.18. The van der Waals surface area contributed by atoms with Crippen LogP contribution in [0.4, 0.5) is 0 Å². The Kier molecular flexibility index (Phi) is 5.90. The molecule has 15 aromatic rings. The second-order valence-corrected chi connectivity index (χ2v) is 16.2. The first kappa shape index (κ1) is 32.2. The third kappa shape index (κ3) is 4.10. The molecule has 62 heavy (non-hydrogen) atoms. The van der Waals surface area contributed by atoms with Crippen LogP contribution in [0.2, 0.25) is 0 Å². The van der Waals surface area contributed by atoms with E-state index in [1.165, 1.54) is 0 Å². The summed E-state index contributed by atoms with van der Waals surface area (Å²) >= 11 is 0. The highest BCUT2D eigenvalue weighted by atomic mass is 16.4. The zero-order valence-electron chi connectivity index (χ0n) is 33.0. The van der Waals surface area contributed by atoms with Crippen LogP contribution in [0.1, 0.15) is 0 Å². The number of aryl methyl sites for hydroxylation is 1. The molecule has 10 nitrogen and oxygen atoms in total. The normalized spacial score (nSPS) is 12.6. The highest BCUT2D eigenvalue weighted by molar-refractivity contribution is 6.11. The largest absolute Gasteiger partial charge is 0.455 e. The Bertz CT molecular complexity index is 4430. The Balaban J connectivity index is 0.902. The molecule has 0 saturated heterocycles. The number of rotatable bonds is 3. The summed E-state index contributed by atoms with van der Waals surface area (Å²) in [7, 11) is 2.08. The summed E-state index contributed by atoms with van der Waals surface area (Å²) in [5.74, 6) is 2.34. The molecule has 0 radical (unpaired) electrons. The van der Waals surface area contributed by atoms with Gasteiger partial charge in [-0.1, -0.05) is 72.8 Å². The predicted molar refractivity (Wildman–Crippen MR) is 246 cm³/mol. The van der Waals surface area contributed by atoms with E-state index in [1.807, 2.05) is 30.3 Å². The van der Waals surface area contributed by atoms with E-state index in [9.17, 15) is 0 Å². The van der Waals surface area contributed by atoms with Gasteiger partial charge < -0.3 is 13.4 Å². The molecular weight excluding hydrogens is 769 g/mol. The van der Waals surface area contributed by atoms with Crippen molar-refractivity contribution in [1.82, 2.24) is 37.3 Å². The van der Waals surface area contributed by atoms with Gasteiger partial charge in [0.2, 0.25) is 11.6 Å². The third-order valence-corrected chi connectivity index (χ3v) is 12.9. The Hall–Kier alpha value is -8.63. The molecule has 0 aliphatic heterocycles. The van der Waals surface area contributed by atoms with E-state index in [-0.39, 0.29) is 0 Å². The van der Waals surface area contributed by atoms with E-state index in [1.54, 1.807) is 0 Å². The molecule has 7 heterocycles. The van der Waals surface area contributed by atoms with Gasteiger partial charge in [-0.15, -0.1) is 0 Å². The zero-order valence-corrected chi connectivity index (χ0v) is 33.0. The van der Waals surface area contributed by atoms with Crippen LogP contribution in [-0.4, -0.2) is 37.3 Å². The lowest BCUT2D eigenvalue weighted by Crippen LogP contribution is -1.95. The maximum absolute atomic E-state index is 6.76. The van der Waals surface area contributed by atoms with Crippen molar-refractivity contribution in [3.8, 4) is 27.9 Å². The topological polar surface area (TPSA) is 88.0 Å². The number of hydrogen-bond donors (Lipinski definition) is 0. The van der Waals surface area contributed by atoms with Crippen LogP contribution in [0.5, 0.6) is 0 Å². The van der Waals surface area contributed by atoms with Gasteiger partial charge in [0.05, 0.1) is 66.4 Å². The van der Waals surface area contributed by atoms with Gasteiger partial charge >= 0.3 is 5.84 Å². The Morgan fingerprint density at radius 3 is 1.95 bits per heavy atom. The number of para-hydroxylation sites is 7. The summed E-state index contributed by atoms with van der Waals surface area (Å²) in [6, 6.07) is 57.4. The van der Waals surface area contributed by atoms with Gasteiger partial charge in [0.1, 0.15) is 11.2 Å². The van der Waals surface area contributed by atoms with Crippen molar-refractivity contribution in [3.05, 3.63) is 164 Å². The number of hydrogen-bond acceptors (Lipinski definition) is 5. The lowest BCUT2D eigenvalue weighted by atomic mass is 9.99. The lowest BCUT2D eigenvalue weighted by molar-refractivity contribution is 0.643. The van der Waals surface area contributed by atoms with Crippen molar-refractivity contribution < 1.29 is 8.83 Å².